The van der Waals surface area contributed by atoms with E-state index < -0.39 is 17.5 Å². The molecule has 0 aliphatic heterocycles. The summed E-state index contributed by atoms with van der Waals surface area (Å²) in [6.45, 7) is 1.77. The Morgan fingerprint density at radius 2 is 2.00 bits per heavy atom. The van der Waals surface area contributed by atoms with Crippen LogP contribution in [-0.4, -0.2) is 31.1 Å². The van der Waals surface area contributed by atoms with Gasteiger partial charge in [0.25, 0.3) is 0 Å². The summed E-state index contributed by atoms with van der Waals surface area (Å²) in [5, 5.41) is 16.5. The van der Waals surface area contributed by atoms with Crippen molar-refractivity contribution in [3.05, 3.63) is 65.0 Å². The summed E-state index contributed by atoms with van der Waals surface area (Å²) in [6, 6.07) is 10.7. The first kappa shape index (κ1) is 18.8. The summed E-state index contributed by atoms with van der Waals surface area (Å²) < 4.78 is 27.2. The standard InChI is InChI=1S/C19H14F2N6OS/c1-11-4-2-3-5-13(11)18-24-26-27(25-18)9-17(28)23-19-22-16(10-29-19)14-8-12(20)6-7-15(14)21/h2-8,10H,9H2,1H3,(H,22,23,28). The van der Waals surface area contributed by atoms with Crippen molar-refractivity contribution in [2.75, 3.05) is 5.32 Å². The Morgan fingerprint density at radius 3 is 2.83 bits per heavy atom. The fraction of sp³-hybridized carbons (Fsp3) is 0.105. The van der Waals surface area contributed by atoms with Crippen LogP contribution in [0.25, 0.3) is 22.6 Å². The molecule has 0 saturated heterocycles. The third-order valence-corrected chi connectivity index (χ3v) is 4.84. The van der Waals surface area contributed by atoms with E-state index in [2.05, 4.69) is 25.7 Å². The minimum atomic E-state index is -0.592. The Balaban J connectivity index is 1.44. The lowest BCUT2D eigenvalue weighted by atomic mass is 10.1. The fourth-order valence-electron chi connectivity index (χ4n) is 2.68. The number of hydrogen-bond donors (Lipinski definition) is 1. The molecular weight excluding hydrogens is 398 g/mol. The van der Waals surface area contributed by atoms with E-state index in [1.165, 1.54) is 10.2 Å². The van der Waals surface area contributed by atoms with Gasteiger partial charge in [0.05, 0.1) is 5.69 Å². The van der Waals surface area contributed by atoms with Gasteiger partial charge in [-0.3, -0.25) is 4.79 Å². The number of carbonyl (C=O) groups is 1. The third kappa shape index (κ3) is 4.16. The Bertz CT molecular complexity index is 1190. The van der Waals surface area contributed by atoms with Crippen molar-refractivity contribution in [1.82, 2.24) is 25.2 Å². The maximum Gasteiger partial charge on any atom is 0.249 e. The quantitative estimate of drug-likeness (QED) is 0.540. The molecule has 4 aromatic rings. The lowest BCUT2D eigenvalue weighted by Crippen LogP contribution is -2.20. The molecule has 0 aliphatic carbocycles. The lowest BCUT2D eigenvalue weighted by Gasteiger charge is -2.01. The van der Waals surface area contributed by atoms with Gasteiger partial charge in [-0.05, 0) is 35.9 Å². The van der Waals surface area contributed by atoms with E-state index >= 15 is 0 Å². The van der Waals surface area contributed by atoms with Crippen LogP contribution in [0.5, 0.6) is 0 Å². The summed E-state index contributed by atoms with van der Waals surface area (Å²) in [5.41, 5.74) is 2.10. The van der Waals surface area contributed by atoms with Gasteiger partial charge in [0.2, 0.25) is 11.7 Å². The number of carbonyl (C=O) groups excluding carboxylic acids is 1. The highest BCUT2D eigenvalue weighted by atomic mass is 32.1. The van der Waals surface area contributed by atoms with Gasteiger partial charge in [0.1, 0.15) is 18.2 Å². The molecule has 146 valence electrons. The van der Waals surface area contributed by atoms with E-state index in [0.717, 1.165) is 40.7 Å². The van der Waals surface area contributed by atoms with Crippen LogP contribution in [0.2, 0.25) is 0 Å². The van der Waals surface area contributed by atoms with Crippen molar-refractivity contribution >= 4 is 22.4 Å². The number of rotatable bonds is 5. The number of amides is 1. The molecule has 29 heavy (non-hydrogen) atoms. The summed E-state index contributed by atoms with van der Waals surface area (Å²) in [5.74, 6) is -1.15. The zero-order chi connectivity index (χ0) is 20.4. The van der Waals surface area contributed by atoms with E-state index in [1.807, 2.05) is 31.2 Å². The molecule has 1 N–H and O–H groups in total. The Morgan fingerprint density at radius 1 is 1.17 bits per heavy atom. The van der Waals surface area contributed by atoms with Gasteiger partial charge in [0.15, 0.2) is 5.13 Å². The van der Waals surface area contributed by atoms with Crippen LogP contribution >= 0.6 is 11.3 Å². The highest BCUT2D eigenvalue weighted by Crippen LogP contribution is 2.27. The summed E-state index contributed by atoms with van der Waals surface area (Å²) in [6.07, 6.45) is 0. The minimum absolute atomic E-state index is 0.0302. The van der Waals surface area contributed by atoms with Gasteiger partial charge >= 0.3 is 0 Å². The number of nitrogens with one attached hydrogen (secondary N) is 1. The van der Waals surface area contributed by atoms with Gasteiger partial charge in [-0.15, -0.1) is 21.5 Å². The first-order valence-electron chi connectivity index (χ1n) is 8.54. The molecule has 0 fully saturated rings. The summed E-state index contributed by atoms with van der Waals surface area (Å²) in [7, 11) is 0. The number of benzene rings is 2. The molecule has 0 radical (unpaired) electrons. The number of hydrogen-bond acceptors (Lipinski definition) is 6. The maximum absolute atomic E-state index is 13.9. The molecular formula is C19H14F2N6OS. The number of aromatic nitrogens is 5. The number of thiazole rings is 1. The van der Waals surface area contributed by atoms with Crippen LogP contribution < -0.4 is 5.32 Å². The second-order valence-corrected chi connectivity index (χ2v) is 7.03. The molecule has 2 aromatic heterocycles. The fourth-order valence-corrected chi connectivity index (χ4v) is 3.40. The van der Waals surface area contributed by atoms with Gasteiger partial charge in [-0.2, -0.15) is 4.80 Å². The molecule has 2 heterocycles. The second-order valence-electron chi connectivity index (χ2n) is 6.17. The first-order chi connectivity index (χ1) is 14.0. The Hall–Kier alpha value is -3.53. The van der Waals surface area contributed by atoms with E-state index in [4.69, 9.17) is 0 Å². The van der Waals surface area contributed by atoms with Crippen molar-refractivity contribution in [3.63, 3.8) is 0 Å². The van der Waals surface area contributed by atoms with Gasteiger partial charge in [-0.25, -0.2) is 13.8 Å². The maximum atomic E-state index is 13.9. The van der Waals surface area contributed by atoms with Gasteiger partial charge in [0, 0.05) is 16.5 Å². The molecule has 0 spiro atoms. The number of nitrogens with zero attached hydrogens (tertiary/aromatic N) is 5. The summed E-state index contributed by atoms with van der Waals surface area (Å²) in [4.78, 5) is 17.6. The van der Waals surface area contributed by atoms with Crippen molar-refractivity contribution < 1.29 is 13.6 Å². The lowest BCUT2D eigenvalue weighted by molar-refractivity contribution is -0.117. The predicted octanol–water partition coefficient (Wildman–Crippen LogP) is 3.69. The van der Waals surface area contributed by atoms with Crippen LogP contribution in [-0.2, 0) is 11.3 Å². The Kier molecular flexibility index (Phi) is 5.09. The van der Waals surface area contributed by atoms with Crippen molar-refractivity contribution in [2.45, 2.75) is 13.5 Å². The number of aryl methyl sites for hydroxylation is 1. The molecule has 0 atom stereocenters. The molecule has 0 aliphatic rings. The second kappa shape index (κ2) is 7.84. The number of anilines is 1. The minimum Gasteiger partial charge on any atom is -0.300 e. The Labute approximate surface area is 168 Å². The monoisotopic (exact) mass is 412 g/mol. The van der Waals surface area contributed by atoms with E-state index in [9.17, 15) is 13.6 Å². The van der Waals surface area contributed by atoms with E-state index in [-0.39, 0.29) is 22.9 Å². The van der Waals surface area contributed by atoms with Crippen LogP contribution in [0.4, 0.5) is 13.9 Å². The third-order valence-electron chi connectivity index (χ3n) is 4.08. The van der Waals surface area contributed by atoms with E-state index in [1.54, 1.807) is 0 Å². The van der Waals surface area contributed by atoms with Gasteiger partial charge in [-0.1, -0.05) is 24.3 Å². The highest BCUT2D eigenvalue weighted by Gasteiger charge is 2.14. The van der Waals surface area contributed by atoms with Gasteiger partial charge < -0.3 is 5.32 Å². The van der Waals surface area contributed by atoms with Crippen molar-refractivity contribution in [2.24, 2.45) is 0 Å². The molecule has 2 aromatic carbocycles. The molecule has 0 unspecified atom stereocenters. The van der Waals surface area contributed by atoms with Crippen LogP contribution in [0, 0.1) is 18.6 Å². The largest absolute Gasteiger partial charge is 0.300 e. The summed E-state index contributed by atoms with van der Waals surface area (Å²) >= 11 is 1.10. The topological polar surface area (TPSA) is 85.6 Å². The van der Waals surface area contributed by atoms with E-state index in [0.29, 0.717) is 5.82 Å². The zero-order valence-electron chi connectivity index (χ0n) is 15.1. The zero-order valence-corrected chi connectivity index (χ0v) is 16.0. The smallest absolute Gasteiger partial charge is 0.249 e. The van der Waals surface area contributed by atoms with Crippen molar-refractivity contribution in [3.8, 4) is 22.6 Å². The number of halogens is 2. The van der Waals surface area contributed by atoms with Crippen LogP contribution in [0.3, 0.4) is 0 Å². The molecule has 4 rings (SSSR count). The van der Waals surface area contributed by atoms with Crippen molar-refractivity contribution in [1.29, 1.82) is 0 Å². The predicted molar refractivity (Wildman–Crippen MR) is 104 cm³/mol. The molecule has 7 nitrogen and oxygen atoms in total. The highest BCUT2D eigenvalue weighted by molar-refractivity contribution is 7.14. The normalized spacial score (nSPS) is 10.9. The molecule has 0 bridgehead atoms. The average Bonchev–Trinajstić information content (AvgIpc) is 3.34. The van der Waals surface area contributed by atoms with Crippen LogP contribution in [0.1, 0.15) is 5.56 Å². The SMILES string of the molecule is Cc1ccccc1-c1nnn(CC(=O)Nc2nc(-c3cc(F)ccc3F)cs2)n1. The number of tetrazole rings is 1. The molecule has 0 saturated carbocycles. The van der Waals surface area contributed by atoms with Crippen LogP contribution in [0.15, 0.2) is 47.8 Å². The molecule has 10 heteroatoms. The average molecular weight is 412 g/mol. The molecule has 1 amide bonds. The first-order valence-corrected chi connectivity index (χ1v) is 9.42.